The van der Waals surface area contributed by atoms with Crippen molar-refractivity contribution in [2.24, 2.45) is 5.92 Å². The smallest absolute Gasteiger partial charge is 0.356 e. The fourth-order valence-electron chi connectivity index (χ4n) is 3.13. The molecular weight excluding hydrogens is 454 g/mol. The molecule has 1 heterocycles. The summed E-state index contributed by atoms with van der Waals surface area (Å²) in [7, 11) is -6.46. The van der Waals surface area contributed by atoms with Gasteiger partial charge < -0.3 is 10.4 Å². The number of rotatable bonds is 16. The Morgan fingerprint density at radius 3 is 2.26 bits per heavy atom. The first kappa shape index (κ1) is 27.6. The van der Waals surface area contributed by atoms with Crippen molar-refractivity contribution in [1.29, 1.82) is 0 Å². The van der Waals surface area contributed by atoms with Gasteiger partial charge in [0.15, 0.2) is 0 Å². The zero-order chi connectivity index (χ0) is 23.4. The van der Waals surface area contributed by atoms with E-state index in [-0.39, 0.29) is 42.9 Å². The van der Waals surface area contributed by atoms with E-state index in [4.69, 9.17) is 9.79 Å². The van der Waals surface area contributed by atoms with E-state index in [0.29, 0.717) is 45.2 Å². The summed E-state index contributed by atoms with van der Waals surface area (Å²) in [6.45, 7) is 2.51. The summed E-state index contributed by atoms with van der Waals surface area (Å²) in [4.78, 5) is 53.9. The van der Waals surface area contributed by atoms with Crippen LogP contribution >= 0.6 is 16.5 Å². The number of hydrogen-bond donors (Lipinski definition) is 4. The van der Waals surface area contributed by atoms with Gasteiger partial charge in [-0.05, 0) is 34.7 Å². The molecule has 31 heavy (non-hydrogen) atoms. The number of hydrogen-bond acceptors (Lipinski definition) is 8. The SMILES string of the molecule is CC1CC(=O)N(CCCCCC(=O)NCCCCCC(O)(O[P+](=O)O)O[P+](=O)O)C1=O. The Morgan fingerprint density at radius 1 is 1.10 bits per heavy atom. The summed E-state index contributed by atoms with van der Waals surface area (Å²) < 4.78 is 29.8. The molecule has 0 bridgehead atoms. The largest absolute Gasteiger partial charge is 0.700 e. The highest BCUT2D eigenvalue weighted by Gasteiger charge is 2.47. The normalized spacial score (nSPS) is 19.4. The fraction of sp³-hybridized carbons (Fsp3) is 0.824. The van der Waals surface area contributed by atoms with Gasteiger partial charge in [0.25, 0.3) is 0 Å². The van der Waals surface area contributed by atoms with Crippen LogP contribution in [0.4, 0.5) is 0 Å². The molecule has 3 unspecified atom stereocenters. The second-order valence-electron chi connectivity index (χ2n) is 7.33. The Morgan fingerprint density at radius 2 is 1.71 bits per heavy atom. The number of carbonyl (C=O) groups is 3. The topological polar surface area (TPSA) is 180 Å². The fourth-order valence-corrected chi connectivity index (χ4v) is 3.94. The second kappa shape index (κ2) is 13.9. The first-order chi connectivity index (χ1) is 14.5. The van der Waals surface area contributed by atoms with E-state index in [1.54, 1.807) is 6.92 Å². The van der Waals surface area contributed by atoms with Gasteiger partial charge in [0.05, 0.1) is 0 Å². The molecular formula is C17H30N2O10P2+2. The summed E-state index contributed by atoms with van der Waals surface area (Å²) in [6, 6.07) is 0. The van der Waals surface area contributed by atoms with Gasteiger partial charge in [0, 0.05) is 47.4 Å². The molecule has 1 aliphatic rings. The highest BCUT2D eigenvalue weighted by molar-refractivity contribution is 7.33. The van der Waals surface area contributed by atoms with E-state index in [9.17, 15) is 28.6 Å². The van der Waals surface area contributed by atoms with Crippen molar-refractivity contribution in [3.05, 3.63) is 0 Å². The molecule has 14 heteroatoms. The first-order valence-corrected chi connectivity index (χ1v) is 12.3. The summed E-state index contributed by atoms with van der Waals surface area (Å²) in [6.07, 6.45) is 3.61. The average Bonchev–Trinajstić information content (AvgIpc) is 2.88. The van der Waals surface area contributed by atoms with E-state index >= 15 is 0 Å². The van der Waals surface area contributed by atoms with Crippen molar-refractivity contribution in [3.63, 3.8) is 0 Å². The molecule has 12 nitrogen and oxygen atoms in total. The van der Waals surface area contributed by atoms with Crippen molar-refractivity contribution >= 4 is 34.2 Å². The highest BCUT2D eigenvalue weighted by atomic mass is 31.1. The maximum absolute atomic E-state index is 11.8. The Labute approximate surface area is 182 Å². The van der Waals surface area contributed by atoms with E-state index in [0.717, 1.165) is 6.42 Å². The molecule has 3 amide bonds. The van der Waals surface area contributed by atoms with Gasteiger partial charge in [0.1, 0.15) is 0 Å². The molecule has 3 atom stereocenters. The van der Waals surface area contributed by atoms with Crippen LogP contribution < -0.4 is 5.32 Å². The van der Waals surface area contributed by atoms with Crippen LogP contribution in [0.1, 0.15) is 64.7 Å². The Kier molecular flexibility index (Phi) is 12.4. The van der Waals surface area contributed by atoms with Crippen LogP contribution in [0.15, 0.2) is 0 Å². The molecule has 0 saturated carbocycles. The van der Waals surface area contributed by atoms with Crippen LogP contribution in [0.2, 0.25) is 0 Å². The third kappa shape index (κ3) is 11.2. The lowest BCUT2D eigenvalue weighted by Gasteiger charge is -2.14. The number of unbranched alkanes of at least 4 members (excludes halogenated alkanes) is 4. The van der Waals surface area contributed by atoms with E-state index in [2.05, 4.69) is 14.4 Å². The number of amides is 3. The first-order valence-electron chi connectivity index (χ1n) is 10.1. The number of aliphatic hydroxyl groups is 1. The van der Waals surface area contributed by atoms with Gasteiger partial charge in [-0.25, -0.2) is 0 Å². The molecule has 1 fully saturated rings. The zero-order valence-electron chi connectivity index (χ0n) is 17.4. The van der Waals surface area contributed by atoms with Crippen molar-refractivity contribution in [1.82, 2.24) is 10.2 Å². The van der Waals surface area contributed by atoms with Crippen molar-refractivity contribution in [3.8, 4) is 0 Å². The van der Waals surface area contributed by atoms with Crippen molar-refractivity contribution < 1.29 is 47.5 Å². The van der Waals surface area contributed by atoms with Gasteiger partial charge in [-0.15, -0.1) is 9.79 Å². The summed E-state index contributed by atoms with van der Waals surface area (Å²) in [5, 5.41) is 12.5. The minimum Gasteiger partial charge on any atom is -0.356 e. The third-order valence-electron chi connectivity index (χ3n) is 4.69. The maximum Gasteiger partial charge on any atom is 0.700 e. The lowest BCUT2D eigenvalue weighted by atomic mass is 10.1. The number of nitrogens with zero attached hydrogens (tertiary/aromatic N) is 1. The van der Waals surface area contributed by atoms with Crippen molar-refractivity contribution in [2.75, 3.05) is 13.1 Å². The molecule has 1 rings (SSSR count). The molecule has 0 aliphatic carbocycles. The number of nitrogens with one attached hydrogen (secondary N) is 1. The Bertz CT molecular complexity index is 659. The van der Waals surface area contributed by atoms with Crippen LogP contribution in [-0.4, -0.2) is 56.6 Å². The van der Waals surface area contributed by atoms with Crippen LogP contribution in [0, 0.1) is 5.92 Å². The Hall–Kier alpha value is -1.39. The van der Waals surface area contributed by atoms with Gasteiger partial charge in [-0.1, -0.05) is 19.8 Å². The number of likely N-dealkylation sites (tertiary alicyclic amines) is 1. The van der Waals surface area contributed by atoms with Crippen LogP contribution in [0.25, 0.3) is 0 Å². The zero-order valence-corrected chi connectivity index (χ0v) is 19.2. The molecule has 0 spiro atoms. The third-order valence-corrected chi connectivity index (χ3v) is 5.57. The standard InChI is InChI=1S/C17H28N2O10P2/c1-13-12-15(21)19(16(13)22)11-7-2-4-8-14(20)18-10-6-3-5-9-17(23,28-30(24)25)29-31(26)27/h13,23H,2-12H2,1H3,(H-2,18,20,24,25,26,27)/p+2. The molecule has 0 aromatic carbocycles. The molecule has 0 aromatic rings. The predicted molar refractivity (Wildman–Crippen MR) is 107 cm³/mol. The van der Waals surface area contributed by atoms with E-state index in [1.807, 2.05) is 0 Å². The number of imide groups is 1. The Balaban J connectivity index is 2.09. The summed E-state index contributed by atoms with van der Waals surface area (Å²) in [5.74, 6) is -3.27. The van der Waals surface area contributed by atoms with Crippen LogP contribution in [-0.2, 0) is 32.6 Å². The molecule has 0 radical (unpaired) electrons. The average molecular weight is 484 g/mol. The molecule has 0 aromatic heterocycles. The number of carbonyl (C=O) groups excluding carboxylic acids is 3. The molecule has 1 aliphatic heterocycles. The van der Waals surface area contributed by atoms with Gasteiger partial charge in [0.2, 0.25) is 17.7 Å². The second-order valence-corrected chi connectivity index (χ2v) is 8.65. The lowest BCUT2D eigenvalue weighted by Crippen LogP contribution is -2.31. The minimum atomic E-state index is -3.23. The van der Waals surface area contributed by atoms with Gasteiger partial charge in [-0.2, -0.15) is 0 Å². The molecule has 1 saturated heterocycles. The van der Waals surface area contributed by atoms with Gasteiger partial charge in [-0.3, -0.25) is 19.3 Å². The molecule has 176 valence electrons. The summed E-state index contributed by atoms with van der Waals surface area (Å²) >= 11 is 0. The summed E-state index contributed by atoms with van der Waals surface area (Å²) in [5.41, 5.74) is 0. The van der Waals surface area contributed by atoms with Crippen LogP contribution in [0.5, 0.6) is 0 Å². The molecule has 4 N–H and O–H groups in total. The van der Waals surface area contributed by atoms with Gasteiger partial charge >= 0.3 is 22.5 Å². The lowest BCUT2D eigenvalue weighted by molar-refractivity contribution is -0.277. The highest BCUT2D eigenvalue weighted by Crippen LogP contribution is 2.35. The van der Waals surface area contributed by atoms with Crippen molar-refractivity contribution in [2.45, 2.75) is 70.7 Å². The quantitative estimate of drug-likeness (QED) is 0.109. The maximum atomic E-state index is 11.8. The van der Waals surface area contributed by atoms with E-state index in [1.165, 1.54) is 4.90 Å². The monoisotopic (exact) mass is 484 g/mol. The van der Waals surface area contributed by atoms with Crippen LogP contribution in [0.3, 0.4) is 0 Å². The van der Waals surface area contributed by atoms with E-state index < -0.39 is 22.5 Å². The minimum absolute atomic E-state index is 0.125. The predicted octanol–water partition coefficient (Wildman–Crippen LogP) is 1.60.